The number of pyridine rings is 1. The average Bonchev–Trinajstić information content (AvgIpc) is 2.99. The summed E-state index contributed by atoms with van der Waals surface area (Å²) in [7, 11) is 0. The van der Waals surface area contributed by atoms with Gasteiger partial charge in [0.2, 0.25) is 0 Å². The summed E-state index contributed by atoms with van der Waals surface area (Å²) in [6.45, 7) is 14.5. The molecule has 2 heterocycles. The molecule has 0 saturated carbocycles. The smallest absolute Gasteiger partial charge is 0.182 e. The molecule has 0 atom stereocenters. The average molecular weight is 518 g/mol. The summed E-state index contributed by atoms with van der Waals surface area (Å²) in [4.78, 5) is 19.6. The third kappa shape index (κ3) is 5.30. The summed E-state index contributed by atoms with van der Waals surface area (Å²) >= 11 is 0. The molecule has 0 radical (unpaired) electrons. The number of aliphatic hydroxyl groups excluding tert-OH is 1. The summed E-state index contributed by atoms with van der Waals surface area (Å²) < 4.78 is 0. The lowest BCUT2D eigenvalue weighted by molar-refractivity contribution is 0.0962. The Labute approximate surface area is 207 Å². The number of nitrogens with one attached hydrogen (secondary N) is 1. The van der Waals surface area contributed by atoms with E-state index in [4.69, 9.17) is 5.41 Å². The van der Waals surface area contributed by atoms with Crippen LogP contribution in [-0.2, 0) is 30.4 Å². The van der Waals surface area contributed by atoms with E-state index in [1.165, 1.54) is 0 Å². The zero-order chi connectivity index (χ0) is 24.0. The Hall–Kier alpha value is -2.25. The molecule has 0 saturated heterocycles. The number of nitrogens with zero attached hydrogens (tertiary/aromatic N) is 2. The second-order valence-corrected chi connectivity index (χ2v) is 10.7. The van der Waals surface area contributed by atoms with Crippen molar-refractivity contribution < 1.29 is 15.0 Å². The number of Topliss-reactive ketones (excluding diaryl/α,β-unsaturated/α-hetero) is 1. The molecule has 7 heteroatoms. The lowest BCUT2D eigenvalue weighted by Crippen LogP contribution is -2.31. The van der Waals surface area contributed by atoms with E-state index in [9.17, 15) is 15.0 Å². The number of hydrogen-bond donors (Lipinski definition) is 3. The van der Waals surface area contributed by atoms with Crippen LogP contribution in [0.4, 0.5) is 0 Å². The van der Waals surface area contributed by atoms with Gasteiger partial charge in [-0.1, -0.05) is 48.5 Å². The lowest BCUT2D eigenvalue weighted by atomic mass is 9.78. The fourth-order valence-corrected chi connectivity index (χ4v) is 4.18. The molecule has 0 spiro atoms. The van der Waals surface area contributed by atoms with Crippen LogP contribution in [0.2, 0.25) is 0 Å². The molecule has 0 fully saturated rings. The molecule has 1 aliphatic rings. The van der Waals surface area contributed by atoms with Crippen molar-refractivity contribution in [2.45, 2.75) is 78.9 Å². The second-order valence-electron chi connectivity index (χ2n) is 10.7. The number of rotatable bonds is 5. The number of phenols is 1. The van der Waals surface area contributed by atoms with Crippen molar-refractivity contribution in [1.29, 1.82) is 5.41 Å². The van der Waals surface area contributed by atoms with Gasteiger partial charge in [0.15, 0.2) is 5.78 Å². The van der Waals surface area contributed by atoms with E-state index < -0.39 is 0 Å². The van der Waals surface area contributed by atoms with Gasteiger partial charge in [-0.05, 0) is 41.0 Å². The van der Waals surface area contributed by atoms with Crippen molar-refractivity contribution in [2.24, 2.45) is 0 Å². The van der Waals surface area contributed by atoms with Crippen LogP contribution in [0.1, 0.15) is 92.5 Å². The molecule has 3 N–H and O–H groups in total. The van der Waals surface area contributed by atoms with E-state index in [2.05, 4.69) is 4.98 Å². The van der Waals surface area contributed by atoms with E-state index in [0.29, 0.717) is 24.2 Å². The zero-order valence-electron chi connectivity index (χ0n) is 20.7. The molecule has 1 aromatic heterocycles. The van der Waals surface area contributed by atoms with Crippen LogP contribution in [0.5, 0.6) is 5.75 Å². The van der Waals surface area contributed by atoms with Gasteiger partial charge in [0.05, 0.1) is 13.2 Å². The van der Waals surface area contributed by atoms with E-state index in [-0.39, 0.29) is 58.3 Å². The van der Waals surface area contributed by atoms with E-state index in [0.717, 1.165) is 27.9 Å². The van der Waals surface area contributed by atoms with Crippen LogP contribution < -0.4 is 0 Å². The first kappa shape index (κ1) is 27.0. The van der Waals surface area contributed by atoms with Crippen molar-refractivity contribution in [2.75, 3.05) is 6.54 Å². The summed E-state index contributed by atoms with van der Waals surface area (Å²) in [6, 6.07) is 5.48. The monoisotopic (exact) mass is 517 g/mol. The Morgan fingerprint density at radius 1 is 1.09 bits per heavy atom. The van der Waals surface area contributed by atoms with E-state index >= 15 is 0 Å². The Bertz CT molecular complexity index is 1050. The lowest BCUT2D eigenvalue weighted by Gasteiger charge is -2.28. The number of benzene rings is 1. The minimum absolute atomic E-state index is 0. The number of ketones is 1. The van der Waals surface area contributed by atoms with Crippen LogP contribution in [0.3, 0.4) is 0 Å². The highest BCUT2D eigenvalue weighted by Crippen LogP contribution is 2.40. The number of amidine groups is 1. The highest BCUT2D eigenvalue weighted by Gasteiger charge is 2.31. The first-order valence-corrected chi connectivity index (χ1v) is 11.2. The van der Waals surface area contributed by atoms with Gasteiger partial charge in [0.25, 0.3) is 0 Å². The fourth-order valence-electron chi connectivity index (χ4n) is 4.18. The Kier molecular flexibility index (Phi) is 7.81. The number of fused-ring (bicyclic) bond motifs is 1. The molecule has 0 amide bonds. The van der Waals surface area contributed by atoms with Crippen molar-refractivity contribution in [3.63, 3.8) is 0 Å². The van der Waals surface area contributed by atoms with Gasteiger partial charge >= 0.3 is 0 Å². The van der Waals surface area contributed by atoms with E-state index in [1.807, 2.05) is 54.5 Å². The third-order valence-electron chi connectivity index (χ3n) is 6.06. The largest absolute Gasteiger partial charge is 0.507 e. The number of carbonyl (C=O) groups is 1. The number of aryl methyl sites for hydroxylation is 1. The Balaban J connectivity index is 0.00000385. The number of aromatic nitrogens is 1. The fraction of sp³-hybridized carbons (Fsp3) is 0.500. The highest BCUT2D eigenvalue weighted by molar-refractivity contribution is 8.93. The number of halogens is 1. The predicted molar refractivity (Wildman–Crippen MR) is 137 cm³/mol. The minimum atomic E-state index is -0.321. The predicted octanol–water partition coefficient (Wildman–Crippen LogP) is 5.04. The van der Waals surface area contributed by atoms with Crippen molar-refractivity contribution in [3.8, 4) is 5.75 Å². The molecule has 180 valence electrons. The molecule has 1 aliphatic heterocycles. The summed E-state index contributed by atoms with van der Waals surface area (Å²) in [5.74, 6) is 0.380. The minimum Gasteiger partial charge on any atom is -0.507 e. The van der Waals surface area contributed by atoms with Crippen LogP contribution in [0, 0.1) is 5.41 Å². The molecule has 1 aromatic carbocycles. The van der Waals surface area contributed by atoms with Crippen molar-refractivity contribution >= 4 is 28.6 Å². The summed E-state index contributed by atoms with van der Waals surface area (Å²) in [5, 5.41) is 29.1. The number of hydrogen-bond acceptors (Lipinski definition) is 5. The van der Waals surface area contributed by atoms with Crippen LogP contribution >= 0.6 is 17.0 Å². The molecular formula is C26H36BrN3O3. The molecule has 2 aromatic rings. The van der Waals surface area contributed by atoms with Crippen LogP contribution in [-0.4, -0.2) is 38.3 Å². The van der Waals surface area contributed by atoms with Gasteiger partial charge in [-0.3, -0.25) is 10.2 Å². The SMILES string of the molecule is Br.CCc1nc2c(cc1CO)CN(CC(=O)c1cc(C(C)(C)C)c(O)c(C(C)(C)C)c1)C2=N. The number of carbonyl (C=O) groups excluding carboxylic acids is 1. The van der Waals surface area contributed by atoms with Crippen LogP contribution in [0.25, 0.3) is 0 Å². The molecule has 33 heavy (non-hydrogen) atoms. The number of aliphatic hydroxyl groups is 1. The standard InChI is InChI=1S/C26H35N3O3.BrH/c1-8-20-17(14-30)9-16-12-29(24(27)22(16)28-20)13-21(31)15-10-18(25(2,3)4)23(32)19(11-15)26(5,6)7;/h9-11,27,30,32H,8,12-14H2,1-7H3;1H. The maximum atomic E-state index is 13.3. The zero-order valence-corrected chi connectivity index (χ0v) is 22.4. The summed E-state index contributed by atoms with van der Waals surface area (Å²) in [6.07, 6.45) is 0.675. The molecule has 0 unspecified atom stereocenters. The number of phenolic OH excluding ortho intramolecular Hbond substituents is 1. The first-order valence-electron chi connectivity index (χ1n) is 11.2. The maximum Gasteiger partial charge on any atom is 0.182 e. The van der Waals surface area contributed by atoms with Gasteiger partial charge < -0.3 is 15.1 Å². The quantitative estimate of drug-likeness (QED) is 0.482. The third-order valence-corrected chi connectivity index (χ3v) is 6.06. The highest BCUT2D eigenvalue weighted by atomic mass is 79.9. The maximum absolute atomic E-state index is 13.3. The molecule has 0 bridgehead atoms. The number of aromatic hydroxyl groups is 1. The van der Waals surface area contributed by atoms with Crippen LogP contribution in [0.15, 0.2) is 18.2 Å². The topological polar surface area (TPSA) is 97.5 Å². The molecule has 0 aliphatic carbocycles. The Morgan fingerprint density at radius 2 is 1.64 bits per heavy atom. The molecule has 3 rings (SSSR count). The van der Waals surface area contributed by atoms with Gasteiger partial charge in [-0.15, -0.1) is 17.0 Å². The molecule has 6 nitrogen and oxygen atoms in total. The second kappa shape index (κ2) is 9.55. The molecular weight excluding hydrogens is 482 g/mol. The van der Waals surface area contributed by atoms with Crippen molar-refractivity contribution in [3.05, 3.63) is 57.4 Å². The summed E-state index contributed by atoms with van der Waals surface area (Å²) in [5.41, 5.74) is 4.40. The van der Waals surface area contributed by atoms with E-state index in [1.54, 1.807) is 17.0 Å². The van der Waals surface area contributed by atoms with Gasteiger partial charge in [-0.2, -0.15) is 0 Å². The van der Waals surface area contributed by atoms with Gasteiger partial charge in [-0.25, -0.2) is 4.98 Å². The normalized spacial score (nSPS) is 13.7. The van der Waals surface area contributed by atoms with Gasteiger partial charge in [0, 0.05) is 34.5 Å². The van der Waals surface area contributed by atoms with Crippen molar-refractivity contribution in [1.82, 2.24) is 9.88 Å². The first-order chi connectivity index (χ1) is 14.8. The Morgan fingerprint density at radius 3 is 2.09 bits per heavy atom. The van der Waals surface area contributed by atoms with Gasteiger partial charge in [0.1, 0.15) is 17.3 Å².